The first-order valence-corrected chi connectivity index (χ1v) is 9.88. The highest BCUT2D eigenvalue weighted by Gasteiger charge is 2.19. The molecule has 0 unspecified atom stereocenters. The van der Waals surface area contributed by atoms with Gasteiger partial charge in [0.2, 0.25) is 5.75 Å². The quantitative estimate of drug-likeness (QED) is 0.438. The number of halogens is 1. The van der Waals surface area contributed by atoms with Crippen LogP contribution in [-0.2, 0) is 0 Å². The predicted molar refractivity (Wildman–Crippen MR) is 122 cm³/mol. The highest BCUT2D eigenvalue weighted by molar-refractivity contribution is 6.30. The fraction of sp³-hybridized carbons (Fsp3) is 0.0833. The Kier molecular flexibility index (Phi) is 5.75. The van der Waals surface area contributed by atoms with E-state index < -0.39 is 5.43 Å². The van der Waals surface area contributed by atoms with Crippen molar-refractivity contribution in [3.63, 3.8) is 0 Å². The Labute approximate surface area is 187 Å². The summed E-state index contributed by atoms with van der Waals surface area (Å²) in [7, 11) is 2.79. The molecule has 0 aliphatic heterocycles. The molecule has 0 fully saturated rings. The van der Waals surface area contributed by atoms with Crippen LogP contribution in [0.1, 0.15) is 10.4 Å². The second kappa shape index (κ2) is 8.64. The highest BCUT2D eigenvalue weighted by Crippen LogP contribution is 2.42. The van der Waals surface area contributed by atoms with Crippen molar-refractivity contribution in [2.45, 2.75) is 0 Å². The number of phenolic OH excluding ortho intramolecular Hbond substituents is 1. The molecule has 3 aromatic carbocycles. The number of phenols is 1. The van der Waals surface area contributed by atoms with E-state index in [4.69, 9.17) is 25.5 Å². The van der Waals surface area contributed by atoms with E-state index in [9.17, 15) is 14.7 Å². The maximum absolute atomic E-state index is 12.7. The number of hydrogen-bond acceptors (Lipinski definition) is 6. The summed E-state index contributed by atoms with van der Waals surface area (Å²) in [6, 6.07) is 16.1. The van der Waals surface area contributed by atoms with Crippen molar-refractivity contribution >= 4 is 34.2 Å². The molecule has 0 saturated carbocycles. The van der Waals surface area contributed by atoms with Crippen LogP contribution in [0.15, 0.2) is 69.9 Å². The fourth-order valence-corrected chi connectivity index (χ4v) is 3.40. The number of aromatic hydroxyl groups is 1. The van der Waals surface area contributed by atoms with Crippen molar-refractivity contribution in [2.75, 3.05) is 19.5 Å². The van der Waals surface area contributed by atoms with Gasteiger partial charge >= 0.3 is 0 Å². The van der Waals surface area contributed by atoms with Gasteiger partial charge in [0, 0.05) is 34.0 Å². The monoisotopic (exact) mass is 451 g/mol. The van der Waals surface area contributed by atoms with Crippen LogP contribution in [0.4, 0.5) is 5.69 Å². The molecule has 0 aliphatic rings. The predicted octanol–water partition coefficient (Wildman–Crippen LogP) is 5.09. The topological polar surface area (TPSA) is 98.0 Å². The maximum Gasteiger partial charge on any atom is 0.255 e. The number of rotatable bonds is 5. The van der Waals surface area contributed by atoms with Crippen LogP contribution in [0.3, 0.4) is 0 Å². The summed E-state index contributed by atoms with van der Waals surface area (Å²) >= 11 is 5.85. The van der Waals surface area contributed by atoms with E-state index in [1.165, 1.54) is 26.4 Å². The van der Waals surface area contributed by atoms with E-state index in [0.717, 1.165) is 0 Å². The van der Waals surface area contributed by atoms with Crippen LogP contribution in [0.25, 0.3) is 22.3 Å². The summed E-state index contributed by atoms with van der Waals surface area (Å²) in [5.74, 6) is -0.0332. The molecule has 0 aliphatic carbocycles. The third kappa shape index (κ3) is 3.98. The molecule has 7 nitrogen and oxygen atoms in total. The Hall–Kier alpha value is -3.97. The molecule has 32 heavy (non-hydrogen) atoms. The zero-order valence-electron chi connectivity index (χ0n) is 17.1. The summed E-state index contributed by atoms with van der Waals surface area (Å²) in [6.45, 7) is 0. The molecular weight excluding hydrogens is 434 g/mol. The van der Waals surface area contributed by atoms with Crippen LogP contribution in [0, 0.1) is 0 Å². The number of anilines is 1. The number of carbonyl (C=O) groups excluding carboxylic acids is 1. The molecule has 0 spiro atoms. The summed E-state index contributed by atoms with van der Waals surface area (Å²) in [6.07, 6.45) is 0. The first kappa shape index (κ1) is 21.3. The van der Waals surface area contributed by atoms with Crippen LogP contribution in [0.2, 0.25) is 5.02 Å². The fourth-order valence-electron chi connectivity index (χ4n) is 3.27. The Bertz CT molecular complexity index is 1360. The van der Waals surface area contributed by atoms with Crippen molar-refractivity contribution in [2.24, 2.45) is 0 Å². The molecule has 2 N–H and O–H groups in total. The minimum atomic E-state index is -0.431. The summed E-state index contributed by atoms with van der Waals surface area (Å²) in [4.78, 5) is 25.0. The second-order valence-electron chi connectivity index (χ2n) is 6.85. The molecule has 0 atom stereocenters. The van der Waals surface area contributed by atoms with Crippen molar-refractivity contribution < 1.29 is 23.8 Å². The van der Waals surface area contributed by atoms with Crippen LogP contribution in [-0.4, -0.2) is 25.2 Å². The van der Waals surface area contributed by atoms with Gasteiger partial charge in [0.15, 0.2) is 16.9 Å². The molecule has 1 amide bonds. The molecule has 162 valence electrons. The smallest absolute Gasteiger partial charge is 0.255 e. The van der Waals surface area contributed by atoms with E-state index in [1.54, 1.807) is 48.5 Å². The lowest BCUT2D eigenvalue weighted by Gasteiger charge is -2.12. The van der Waals surface area contributed by atoms with Gasteiger partial charge in [-0.2, -0.15) is 0 Å². The largest absolute Gasteiger partial charge is 0.504 e. The number of hydrogen-bond donors (Lipinski definition) is 2. The Balaban J connectivity index is 1.65. The molecule has 1 heterocycles. The number of benzene rings is 3. The van der Waals surface area contributed by atoms with Crippen molar-refractivity contribution in [3.8, 4) is 28.6 Å². The molecule has 8 heteroatoms. The zero-order chi connectivity index (χ0) is 22.8. The molecule has 0 saturated heterocycles. The number of nitrogens with one attached hydrogen (secondary N) is 1. The van der Waals surface area contributed by atoms with Gasteiger partial charge in [0.1, 0.15) is 16.7 Å². The van der Waals surface area contributed by atoms with Crippen molar-refractivity contribution in [3.05, 3.63) is 81.5 Å². The van der Waals surface area contributed by atoms with Gasteiger partial charge in [-0.25, -0.2) is 0 Å². The van der Waals surface area contributed by atoms with Gasteiger partial charge in [0.05, 0.1) is 14.2 Å². The van der Waals surface area contributed by atoms with Gasteiger partial charge < -0.3 is 24.3 Å². The lowest BCUT2D eigenvalue weighted by Crippen LogP contribution is -2.11. The van der Waals surface area contributed by atoms with Gasteiger partial charge in [-0.15, -0.1) is 0 Å². The summed E-state index contributed by atoms with van der Waals surface area (Å²) < 4.78 is 16.2. The van der Waals surface area contributed by atoms with E-state index >= 15 is 0 Å². The van der Waals surface area contributed by atoms with Crippen LogP contribution in [0.5, 0.6) is 17.2 Å². The maximum atomic E-state index is 12.7. The number of ether oxygens (including phenoxy) is 2. The first-order valence-electron chi connectivity index (χ1n) is 9.50. The van der Waals surface area contributed by atoms with Gasteiger partial charge in [-0.1, -0.05) is 11.6 Å². The third-order valence-electron chi connectivity index (χ3n) is 4.87. The minimum Gasteiger partial charge on any atom is -0.504 e. The van der Waals surface area contributed by atoms with Crippen molar-refractivity contribution in [1.29, 1.82) is 0 Å². The summed E-state index contributed by atoms with van der Waals surface area (Å²) in [5, 5.41) is 13.8. The Morgan fingerprint density at radius 1 is 1.00 bits per heavy atom. The molecular formula is C24H18ClNO6. The molecule has 0 radical (unpaired) electrons. The number of methoxy groups -OCH3 is 2. The average molecular weight is 452 g/mol. The number of amides is 1. The minimum absolute atomic E-state index is 0.00162. The molecule has 1 aromatic heterocycles. The normalized spacial score (nSPS) is 10.7. The van der Waals surface area contributed by atoms with E-state index in [-0.39, 0.29) is 34.1 Å². The van der Waals surface area contributed by atoms with Gasteiger partial charge in [-0.3, -0.25) is 9.59 Å². The number of carbonyl (C=O) groups is 1. The van der Waals surface area contributed by atoms with E-state index in [0.29, 0.717) is 27.6 Å². The Morgan fingerprint density at radius 3 is 2.31 bits per heavy atom. The third-order valence-corrected chi connectivity index (χ3v) is 5.12. The zero-order valence-corrected chi connectivity index (χ0v) is 17.9. The van der Waals surface area contributed by atoms with Crippen molar-refractivity contribution in [1.82, 2.24) is 0 Å². The summed E-state index contributed by atoms with van der Waals surface area (Å²) in [5.41, 5.74) is 1.38. The first-order chi connectivity index (χ1) is 15.4. The van der Waals surface area contributed by atoms with Crippen LogP contribution >= 0.6 is 11.6 Å². The standard InChI is InChI=1S/C24H18ClNO6/c1-30-20-12-19-21(22(28)23(20)31-2)17(27)11-18(32-19)13-5-9-16(10-6-13)26-24(29)14-3-7-15(25)8-4-14/h3-12,28H,1-2H3,(H,26,29). The Morgan fingerprint density at radius 2 is 1.69 bits per heavy atom. The molecule has 4 rings (SSSR count). The SMILES string of the molecule is COc1cc2oc(-c3ccc(NC(=O)c4ccc(Cl)cc4)cc3)cc(=O)c2c(O)c1OC. The number of fused-ring (bicyclic) bond motifs is 1. The lowest BCUT2D eigenvalue weighted by atomic mass is 10.1. The van der Waals surface area contributed by atoms with Gasteiger partial charge in [-0.05, 0) is 48.5 Å². The highest BCUT2D eigenvalue weighted by atomic mass is 35.5. The van der Waals surface area contributed by atoms with Gasteiger partial charge in [0.25, 0.3) is 5.91 Å². The molecule has 4 aromatic rings. The van der Waals surface area contributed by atoms with E-state index in [1.807, 2.05) is 0 Å². The van der Waals surface area contributed by atoms with E-state index in [2.05, 4.69) is 5.32 Å². The van der Waals surface area contributed by atoms with Crippen LogP contribution < -0.4 is 20.2 Å². The lowest BCUT2D eigenvalue weighted by molar-refractivity contribution is 0.102. The average Bonchev–Trinajstić information content (AvgIpc) is 2.79. The molecule has 0 bridgehead atoms. The second-order valence-corrected chi connectivity index (χ2v) is 7.28.